The number of nitrogens with zero attached hydrogens (tertiary/aromatic N) is 2. The van der Waals surface area contributed by atoms with Crippen LogP contribution in [0.3, 0.4) is 0 Å². The third-order valence-electron chi connectivity index (χ3n) is 6.42. The minimum atomic E-state index is -3.91. The summed E-state index contributed by atoms with van der Waals surface area (Å²) in [5.74, 6) is -0.417. The van der Waals surface area contributed by atoms with Crippen LogP contribution in [0.15, 0.2) is 51.9 Å². The minimum absolute atomic E-state index is 0.0475. The first-order valence-electron chi connectivity index (χ1n) is 11.9. The number of nitrogens with one attached hydrogen (secondary N) is 1. The average molecular weight is 528 g/mol. The molecular weight excluding hydrogens is 498 g/mol. The van der Waals surface area contributed by atoms with Crippen LogP contribution < -0.4 is 5.32 Å². The normalized spacial score (nSPS) is 16.9. The minimum Gasteiger partial charge on any atom is -0.355 e. The van der Waals surface area contributed by atoms with E-state index in [0.29, 0.717) is 36.6 Å². The fourth-order valence-electron chi connectivity index (χ4n) is 4.34. The lowest BCUT2D eigenvalue weighted by atomic mass is 9.99. The van der Waals surface area contributed by atoms with Crippen molar-refractivity contribution >= 4 is 39.7 Å². The number of hydrogen-bond donors (Lipinski definition) is 1. The van der Waals surface area contributed by atoms with E-state index in [1.807, 2.05) is 50.3 Å². The highest BCUT2D eigenvalue weighted by atomic mass is 35.5. The van der Waals surface area contributed by atoms with Gasteiger partial charge in [0.2, 0.25) is 15.9 Å². The van der Waals surface area contributed by atoms with Gasteiger partial charge in [0.1, 0.15) is 5.69 Å². The van der Waals surface area contributed by atoms with Crippen molar-refractivity contribution in [2.24, 2.45) is 5.92 Å². The molecule has 1 N–H and O–H groups in total. The van der Waals surface area contributed by atoms with Crippen LogP contribution in [0.2, 0.25) is 5.02 Å². The van der Waals surface area contributed by atoms with Gasteiger partial charge in [-0.05, 0) is 68.5 Å². The topological polar surface area (TPSA) is 92.5 Å². The monoisotopic (exact) mass is 527 g/mol. The molecule has 0 aliphatic carbocycles. The Morgan fingerprint density at radius 2 is 1.92 bits per heavy atom. The molecule has 190 valence electrons. The van der Waals surface area contributed by atoms with Crippen molar-refractivity contribution in [2.75, 3.05) is 13.1 Å². The molecule has 1 aliphatic rings. The van der Waals surface area contributed by atoms with Crippen LogP contribution in [-0.4, -0.2) is 36.9 Å². The van der Waals surface area contributed by atoms with Gasteiger partial charge in [-0.25, -0.2) is 8.42 Å². The number of carbonyl (C=O) groups excluding carboxylic acids is 1. The maximum Gasteiger partial charge on any atom is 0.248 e. The molecule has 1 aromatic heterocycles. The quantitative estimate of drug-likeness (QED) is 0.459. The van der Waals surface area contributed by atoms with Crippen molar-refractivity contribution in [1.82, 2.24) is 14.8 Å². The third-order valence-corrected chi connectivity index (χ3v) is 8.69. The Morgan fingerprint density at radius 3 is 2.67 bits per heavy atom. The van der Waals surface area contributed by atoms with Crippen LogP contribution in [0.4, 0.5) is 0 Å². The smallest absolute Gasteiger partial charge is 0.248 e. The second kappa shape index (κ2) is 11.0. The Balaban J connectivity index is 1.49. The predicted octanol–water partition coefficient (Wildman–Crippen LogP) is 5.14. The molecule has 1 saturated heterocycles. The van der Waals surface area contributed by atoms with Gasteiger partial charge in [-0.1, -0.05) is 58.7 Å². The van der Waals surface area contributed by atoms with Gasteiger partial charge in [0.05, 0.1) is 5.92 Å². The van der Waals surface area contributed by atoms with Crippen molar-refractivity contribution in [3.8, 4) is 0 Å². The van der Waals surface area contributed by atoms with Crippen LogP contribution in [0, 0.1) is 26.7 Å². The molecule has 0 spiro atoms. The Labute approximate surface area is 217 Å². The molecule has 4 rings (SSSR count). The van der Waals surface area contributed by atoms with Crippen LogP contribution >= 0.6 is 11.6 Å². The molecule has 1 atom stereocenters. The molecule has 0 radical (unpaired) electrons. The maximum atomic E-state index is 13.6. The molecule has 1 aliphatic heterocycles. The van der Waals surface area contributed by atoms with Gasteiger partial charge in [-0.3, -0.25) is 4.79 Å². The zero-order chi connectivity index (χ0) is 25.9. The number of aryl methyl sites for hydroxylation is 3. The highest BCUT2D eigenvalue weighted by Crippen LogP contribution is 2.29. The zero-order valence-corrected chi connectivity index (χ0v) is 22.2. The lowest BCUT2D eigenvalue weighted by Crippen LogP contribution is -2.45. The number of amides is 1. The first kappa shape index (κ1) is 26.1. The lowest BCUT2D eigenvalue weighted by molar-refractivity contribution is -0.126. The summed E-state index contributed by atoms with van der Waals surface area (Å²) in [4.78, 5) is 12.9. The molecule has 0 bridgehead atoms. The Kier molecular flexibility index (Phi) is 7.97. The van der Waals surface area contributed by atoms with Crippen molar-refractivity contribution < 1.29 is 17.7 Å². The summed E-state index contributed by atoms with van der Waals surface area (Å²) >= 11 is 5.92. The second-order valence-corrected chi connectivity index (χ2v) is 11.5. The maximum absolute atomic E-state index is 13.6. The Bertz CT molecular complexity index is 1380. The molecule has 2 heterocycles. The van der Waals surface area contributed by atoms with E-state index >= 15 is 0 Å². The fourth-order valence-corrected chi connectivity index (χ4v) is 6.24. The highest BCUT2D eigenvalue weighted by Gasteiger charge is 2.36. The van der Waals surface area contributed by atoms with E-state index in [2.05, 4.69) is 10.5 Å². The number of piperidine rings is 1. The molecular formula is C27H30ClN3O4S. The van der Waals surface area contributed by atoms with Crippen LogP contribution in [0.1, 0.15) is 46.5 Å². The third kappa shape index (κ3) is 5.88. The molecule has 9 heteroatoms. The summed E-state index contributed by atoms with van der Waals surface area (Å²) in [6, 6.07) is 13.3. The average Bonchev–Trinajstić information content (AvgIpc) is 3.25. The van der Waals surface area contributed by atoms with Gasteiger partial charge in [-0.2, -0.15) is 4.31 Å². The van der Waals surface area contributed by atoms with Crippen molar-refractivity contribution in [2.45, 2.75) is 45.1 Å². The van der Waals surface area contributed by atoms with E-state index in [4.69, 9.17) is 16.1 Å². The summed E-state index contributed by atoms with van der Waals surface area (Å²) in [6.07, 6.45) is 4.70. The van der Waals surface area contributed by atoms with Gasteiger partial charge in [0.25, 0.3) is 0 Å². The van der Waals surface area contributed by atoms with Gasteiger partial charge < -0.3 is 9.84 Å². The summed E-state index contributed by atoms with van der Waals surface area (Å²) in [6.45, 7) is 6.43. The van der Waals surface area contributed by atoms with E-state index in [9.17, 15) is 13.2 Å². The van der Waals surface area contributed by atoms with E-state index in [0.717, 1.165) is 22.3 Å². The van der Waals surface area contributed by atoms with Crippen LogP contribution in [0.25, 0.3) is 12.2 Å². The summed E-state index contributed by atoms with van der Waals surface area (Å²) in [7, 11) is -3.91. The number of carbonyl (C=O) groups is 1. The van der Waals surface area contributed by atoms with E-state index in [-0.39, 0.29) is 23.1 Å². The SMILES string of the molecule is Cc1ccc(C)c(C=Cc2onc(C)c2S(=O)(=O)N2CCCC(C(=O)NCc3ccc(Cl)cc3)C2)c1. The van der Waals surface area contributed by atoms with Crippen molar-refractivity contribution in [3.05, 3.63) is 81.2 Å². The highest BCUT2D eigenvalue weighted by molar-refractivity contribution is 7.89. The number of benzene rings is 2. The van der Waals surface area contributed by atoms with E-state index < -0.39 is 15.9 Å². The number of aromatic nitrogens is 1. The van der Waals surface area contributed by atoms with Crippen LogP contribution in [-0.2, 0) is 21.4 Å². The molecule has 1 fully saturated rings. The van der Waals surface area contributed by atoms with Gasteiger partial charge in [-0.15, -0.1) is 0 Å². The molecule has 1 unspecified atom stereocenters. The molecule has 2 aromatic carbocycles. The largest absolute Gasteiger partial charge is 0.355 e. The summed E-state index contributed by atoms with van der Waals surface area (Å²) < 4.78 is 34.1. The summed E-state index contributed by atoms with van der Waals surface area (Å²) in [5.41, 5.74) is 4.37. The first-order chi connectivity index (χ1) is 17.1. The fraction of sp³-hybridized carbons (Fsp3) is 0.333. The molecule has 3 aromatic rings. The number of rotatable bonds is 7. The number of sulfonamides is 1. The number of halogens is 1. The Hall–Kier alpha value is -2.94. The molecule has 1 amide bonds. The zero-order valence-electron chi connectivity index (χ0n) is 20.6. The summed E-state index contributed by atoms with van der Waals surface area (Å²) in [5, 5.41) is 7.48. The van der Waals surface area contributed by atoms with E-state index in [1.54, 1.807) is 25.1 Å². The van der Waals surface area contributed by atoms with Gasteiger partial charge in [0, 0.05) is 24.7 Å². The standard InChI is InChI=1S/C27H30ClN3O4S/c1-18-6-7-19(2)22(15-18)10-13-25-26(20(3)30-35-25)36(33,34)31-14-4-5-23(17-31)27(32)29-16-21-8-11-24(28)12-9-21/h6-13,15,23H,4-5,14,16-17H2,1-3H3,(H,29,32). The van der Waals surface area contributed by atoms with Gasteiger partial charge in [0.15, 0.2) is 10.7 Å². The lowest BCUT2D eigenvalue weighted by Gasteiger charge is -2.31. The molecule has 0 saturated carbocycles. The molecule has 7 nitrogen and oxygen atoms in total. The second-order valence-electron chi connectivity index (χ2n) is 9.20. The van der Waals surface area contributed by atoms with Crippen molar-refractivity contribution in [1.29, 1.82) is 0 Å². The van der Waals surface area contributed by atoms with E-state index in [1.165, 1.54) is 4.31 Å². The predicted molar refractivity (Wildman–Crippen MR) is 141 cm³/mol. The van der Waals surface area contributed by atoms with Gasteiger partial charge >= 0.3 is 0 Å². The van der Waals surface area contributed by atoms with Crippen molar-refractivity contribution in [3.63, 3.8) is 0 Å². The van der Waals surface area contributed by atoms with Crippen LogP contribution in [0.5, 0.6) is 0 Å². The first-order valence-corrected chi connectivity index (χ1v) is 13.7. The number of hydrogen-bond acceptors (Lipinski definition) is 5. The Morgan fingerprint density at radius 1 is 1.17 bits per heavy atom. The molecule has 36 heavy (non-hydrogen) atoms.